The zero-order chi connectivity index (χ0) is 38.1. The van der Waals surface area contributed by atoms with Gasteiger partial charge in [-0.15, -0.1) is 0 Å². The topological polar surface area (TPSA) is 126 Å². The van der Waals surface area contributed by atoms with Crippen molar-refractivity contribution in [3.63, 3.8) is 0 Å². The summed E-state index contributed by atoms with van der Waals surface area (Å²) >= 11 is 0. The van der Waals surface area contributed by atoms with Crippen molar-refractivity contribution in [3.05, 3.63) is 108 Å². The summed E-state index contributed by atoms with van der Waals surface area (Å²) in [6.07, 6.45) is 12.2. The molecule has 0 aliphatic carbocycles. The highest BCUT2D eigenvalue weighted by molar-refractivity contribution is 5.94. The van der Waals surface area contributed by atoms with Gasteiger partial charge in [0.25, 0.3) is 0 Å². The molecule has 3 atom stereocenters. The first-order valence-electron chi connectivity index (χ1n) is 19.7. The van der Waals surface area contributed by atoms with Crippen LogP contribution in [0.15, 0.2) is 91.0 Å². The Hall–Kier alpha value is -4.66. The van der Waals surface area contributed by atoms with Gasteiger partial charge in [0.1, 0.15) is 24.7 Å². The lowest BCUT2D eigenvalue weighted by atomic mass is 10.0. The minimum absolute atomic E-state index is 0.0613. The van der Waals surface area contributed by atoms with E-state index in [0.29, 0.717) is 19.4 Å². The summed E-state index contributed by atoms with van der Waals surface area (Å²) in [5.74, 6) is -1.18. The number of benzene rings is 3. The van der Waals surface area contributed by atoms with Gasteiger partial charge in [-0.25, -0.2) is 4.79 Å². The number of amides is 4. The van der Waals surface area contributed by atoms with E-state index in [4.69, 9.17) is 4.74 Å². The van der Waals surface area contributed by atoms with Crippen molar-refractivity contribution in [2.45, 2.75) is 129 Å². The molecule has 0 radical (unpaired) electrons. The first kappa shape index (κ1) is 42.8. The van der Waals surface area contributed by atoms with Gasteiger partial charge in [0.15, 0.2) is 0 Å². The molecule has 0 spiro atoms. The van der Waals surface area contributed by atoms with Gasteiger partial charge < -0.3 is 26.0 Å². The second-order valence-electron chi connectivity index (χ2n) is 14.4. The van der Waals surface area contributed by atoms with E-state index in [1.807, 2.05) is 105 Å². The smallest absolute Gasteiger partial charge is 0.408 e. The maximum absolute atomic E-state index is 14.1. The number of alkyl carbamates (subject to hydrolysis) is 1. The van der Waals surface area contributed by atoms with E-state index in [1.54, 1.807) is 0 Å². The number of hydrogen-bond acceptors (Lipinski definition) is 5. The van der Waals surface area contributed by atoms with E-state index >= 15 is 0 Å². The summed E-state index contributed by atoms with van der Waals surface area (Å²) in [5.41, 5.74) is 2.57. The first-order chi connectivity index (χ1) is 25.7. The van der Waals surface area contributed by atoms with Gasteiger partial charge in [-0.1, -0.05) is 170 Å². The van der Waals surface area contributed by atoms with Gasteiger partial charge in [-0.3, -0.25) is 14.4 Å². The molecular weight excluding hydrogens is 665 g/mol. The molecule has 4 amide bonds. The molecule has 0 aliphatic heterocycles. The van der Waals surface area contributed by atoms with Crippen LogP contribution in [-0.4, -0.2) is 48.5 Å². The third kappa shape index (κ3) is 18.1. The molecule has 0 aromatic heterocycles. The molecule has 0 saturated carbocycles. The Balaban J connectivity index is 1.66. The van der Waals surface area contributed by atoms with Crippen molar-refractivity contribution >= 4 is 23.8 Å². The van der Waals surface area contributed by atoms with Crippen molar-refractivity contribution in [1.29, 1.82) is 0 Å². The standard InChI is InChI=1S/C44H62N4O5/c1-4-5-6-7-8-9-10-11-12-22-29-45-41(49)39(31-35-23-16-13-17-24-35)46-43(51)40(32-36-25-18-14-19-26-36)47-42(50)38(30-34(2)3)48-44(52)53-33-37-27-20-15-21-28-37/h13-21,23-28,34,38-40H,4-12,22,29-33H2,1-3H3,(H,45,49)(H,46,51)(H,47,50)(H,48,52)/t38-,39-,40-/m0/s1. The summed E-state index contributed by atoms with van der Waals surface area (Å²) in [5, 5.41) is 11.6. The number of nitrogens with one attached hydrogen (secondary N) is 4. The Morgan fingerprint density at radius 3 is 1.45 bits per heavy atom. The predicted octanol–water partition coefficient (Wildman–Crippen LogP) is 7.82. The van der Waals surface area contributed by atoms with Gasteiger partial charge in [0, 0.05) is 19.4 Å². The maximum Gasteiger partial charge on any atom is 0.408 e. The number of carbonyl (C=O) groups excluding carboxylic acids is 4. The maximum atomic E-state index is 14.1. The molecular formula is C44H62N4O5. The van der Waals surface area contributed by atoms with Crippen molar-refractivity contribution < 1.29 is 23.9 Å². The molecule has 3 aromatic rings. The fourth-order valence-electron chi connectivity index (χ4n) is 6.22. The minimum atomic E-state index is -1.00. The molecule has 4 N–H and O–H groups in total. The van der Waals surface area contributed by atoms with Crippen LogP contribution in [0, 0.1) is 5.92 Å². The van der Waals surface area contributed by atoms with E-state index in [9.17, 15) is 19.2 Å². The highest BCUT2D eigenvalue weighted by atomic mass is 16.5. The second-order valence-corrected chi connectivity index (χ2v) is 14.4. The lowest BCUT2D eigenvalue weighted by Gasteiger charge is -2.26. The Morgan fingerprint density at radius 1 is 0.528 bits per heavy atom. The monoisotopic (exact) mass is 726 g/mol. The third-order valence-corrected chi connectivity index (χ3v) is 9.19. The fraction of sp³-hybridized carbons (Fsp3) is 0.500. The van der Waals surface area contributed by atoms with E-state index in [2.05, 4.69) is 28.2 Å². The van der Waals surface area contributed by atoms with Gasteiger partial charge >= 0.3 is 6.09 Å². The quantitative estimate of drug-likeness (QED) is 0.0663. The Bertz CT molecular complexity index is 1470. The highest BCUT2D eigenvalue weighted by Gasteiger charge is 2.30. The highest BCUT2D eigenvalue weighted by Crippen LogP contribution is 2.12. The molecule has 9 nitrogen and oxygen atoms in total. The van der Waals surface area contributed by atoms with Gasteiger partial charge in [-0.05, 0) is 35.4 Å². The summed E-state index contributed by atoms with van der Waals surface area (Å²) in [7, 11) is 0. The summed E-state index contributed by atoms with van der Waals surface area (Å²) < 4.78 is 5.40. The number of ether oxygens (including phenoxy) is 1. The van der Waals surface area contributed by atoms with Crippen LogP contribution in [0.4, 0.5) is 4.79 Å². The SMILES string of the molecule is CCCCCCCCCCCCNC(=O)[C@H](Cc1ccccc1)NC(=O)[C@H](Cc1ccccc1)NC(=O)[C@H](CC(C)C)NC(=O)OCc1ccccc1. The molecule has 3 rings (SSSR count). The lowest BCUT2D eigenvalue weighted by Crippen LogP contribution is -2.58. The Labute approximate surface area is 317 Å². The normalized spacial score (nSPS) is 12.7. The molecule has 0 aliphatic rings. The van der Waals surface area contributed by atoms with Crippen LogP contribution < -0.4 is 21.3 Å². The van der Waals surface area contributed by atoms with Crippen molar-refractivity contribution in [1.82, 2.24) is 21.3 Å². The van der Waals surface area contributed by atoms with Crippen LogP contribution in [0.5, 0.6) is 0 Å². The largest absolute Gasteiger partial charge is 0.445 e. The summed E-state index contributed by atoms with van der Waals surface area (Å²) in [6.45, 7) is 6.73. The Kier molecular flexibility index (Phi) is 20.4. The number of hydrogen-bond donors (Lipinski definition) is 4. The first-order valence-corrected chi connectivity index (χ1v) is 19.7. The van der Waals surface area contributed by atoms with Crippen LogP contribution >= 0.6 is 0 Å². The zero-order valence-corrected chi connectivity index (χ0v) is 32.1. The lowest BCUT2D eigenvalue weighted by molar-refractivity contribution is -0.132. The van der Waals surface area contributed by atoms with Crippen LogP contribution in [-0.2, 0) is 38.6 Å². The molecule has 3 aromatic carbocycles. The van der Waals surface area contributed by atoms with Crippen LogP contribution in [0.3, 0.4) is 0 Å². The van der Waals surface area contributed by atoms with E-state index < -0.39 is 36.0 Å². The van der Waals surface area contributed by atoms with Crippen LogP contribution in [0.2, 0.25) is 0 Å². The van der Waals surface area contributed by atoms with E-state index in [-0.39, 0.29) is 24.9 Å². The predicted molar refractivity (Wildman–Crippen MR) is 212 cm³/mol. The zero-order valence-electron chi connectivity index (χ0n) is 32.1. The molecule has 0 heterocycles. The van der Waals surface area contributed by atoms with Crippen LogP contribution in [0.1, 0.15) is 108 Å². The summed E-state index contributed by atoms with van der Waals surface area (Å²) in [6, 6.07) is 25.5. The Morgan fingerprint density at radius 2 is 0.962 bits per heavy atom. The second kappa shape index (κ2) is 25.3. The fourth-order valence-corrected chi connectivity index (χ4v) is 6.22. The third-order valence-electron chi connectivity index (χ3n) is 9.19. The van der Waals surface area contributed by atoms with Crippen LogP contribution in [0.25, 0.3) is 0 Å². The van der Waals surface area contributed by atoms with Crippen molar-refractivity contribution in [2.75, 3.05) is 6.54 Å². The van der Waals surface area contributed by atoms with E-state index in [0.717, 1.165) is 36.0 Å². The molecule has 0 bridgehead atoms. The van der Waals surface area contributed by atoms with Gasteiger partial charge in [-0.2, -0.15) is 0 Å². The molecule has 0 saturated heterocycles. The number of rotatable bonds is 25. The average molecular weight is 727 g/mol. The molecule has 0 unspecified atom stereocenters. The number of carbonyl (C=O) groups is 4. The van der Waals surface area contributed by atoms with Crippen molar-refractivity contribution in [2.24, 2.45) is 5.92 Å². The summed E-state index contributed by atoms with van der Waals surface area (Å²) in [4.78, 5) is 54.2. The molecule has 0 fully saturated rings. The molecule has 53 heavy (non-hydrogen) atoms. The number of unbranched alkanes of at least 4 members (excludes halogenated alkanes) is 9. The molecule has 288 valence electrons. The van der Waals surface area contributed by atoms with Crippen molar-refractivity contribution in [3.8, 4) is 0 Å². The average Bonchev–Trinajstić information content (AvgIpc) is 3.16. The van der Waals surface area contributed by atoms with Gasteiger partial charge in [0.2, 0.25) is 17.7 Å². The molecule has 9 heteroatoms. The van der Waals surface area contributed by atoms with Gasteiger partial charge in [0.05, 0.1) is 0 Å². The van der Waals surface area contributed by atoms with E-state index in [1.165, 1.54) is 44.9 Å². The minimum Gasteiger partial charge on any atom is -0.445 e.